The molecule has 1 saturated heterocycles. The molecule has 11 heteroatoms. The van der Waals surface area contributed by atoms with Crippen molar-refractivity contribution in [2.45, 2.75) is 37.1 Å². The number of rotatable bonds is 5. The number of hydrogen-bond acceptors (Lipinski definition) is 5. The minimum Gasteiger partial charge on any atom is -0.496 e. The van der Waals surface area contributed by atoms with E-state index in [2.05, 4.69) is 10.3 Å². The lowest BCUT2D eigenvalue weighted by Gasteiger charge is -2.27. The third kappa shape index (κ3) is 4.31. The van der Waals surface area contributed by atoms with Crippen LogP contribution >= 0.6 is 0 Å². The second-order valence-corrected chi connectivity index (χ2v) is 7.22. The van der Waals surface area contributed by atoms with Crippen LogP contribution in [0.5, 0.6) is 5.75 Å². The van der Waals surface area contributed by atoms with E-state index in [1.165, 1.54) is 31.5 Å². The first kappa shape index (κ1) is 22.5. The van der Waals surface area contributed by atoms with Gasteiger partial charge < -0.3 is 20.5 Å². The fourth-order valence-electron chi connectivity index (χ4n) is 3.52. The number of benzene rings is 1. The molecule has 0 aliphatic carbocycles. The Bertz CT molecular complexity index is 1010. The van der Waals surface area contributed by atoms with Crippen molar-refractivity contribution in [1.29, 1.82) is 0 Å². The molecule has 3 rings (SSSR count). The number of aromatic nitrogens is 1. The highest BCUT2D eigenvalue weighted by molar-refractivity contribution is 5.97. The molecule has 2 amide bonds. The lowest BCUT2D eigenvalue weighted by atomic mass is 9.85. The average molecular weight is 441 g/mol. The van der Waals surface area contributed by atoms with Crippen LogP contribution in [-0.2, 0) is 9.53 Å². The maximum Gasteiger partial charge on any atom is 0.417 e. The molecule has 0 spiro atoms. The number of nitrogens with one attached hydrogen (secondary N) is 1. The summed E-state index contributed by atoms with van der Waals surface area (Å²) in [5, 5.41) is 2.38. The number of nitrogens with two attached hydrogens (primary N) is 1. The largest absolute Gasteiger partial charge is 0.496 e. The van der Waals surface area contributed by atoms with Crippen LogP contribution in [0.15, 0.2) is 36.5 Å². The Labute approximate surface area is 174 Å². The molecular weight excluding hydrogens is 422 g/mol. The standard InChI is InChI=1S/C20H19F4N3O4/c1-19(20(22,23)24)9-11(15-12(21)4-3-5-14(15)30-2)16(31-19)18(29)27-10-6-7-26-13(8-10)17(25)28/h3-8,11,16H,9H2,1-2H3,(H2,25,28)(H,26,27,29)/t11-,16+,19-/m0/s1. The second-order valence-electron chi connectivity index (χ2n) is 7.22. The number of pyridine rings is 1. The maximum atomic E-state index is 14.6. The van der Waals surface area contributed by atoms with Gasteiger partial charge in [0.15, 0.2) is 5.60 Å². The molecular formula is C20H19F4N3O4. The lowest BCUT2D eigenvalue weighted by molar-refractivity contribution is -0.261. The predicted octanol–water partition coefficient (Wildman–Crippen LogP) is 3.16. The minimum atomic E-state index is -4.81. The molecule has 166 valence electrons. The van der Waals surface area contributed by atoms with Crippen LogP contribution in [0, 0.1) is 5.82 Å². The topological polar surface area (TPSA) is 104 Å². The van der Waals surface area contributed by atoms with E-state index in [0.29, 0.717) is 0 Å². The quantitative estimate of drug-likeness (QED) is 0.694. The first-order valence-electron chi connectivity index (χ1n) is 9.10. The average Bonchev–Trinajstić information content (AvgIpc) is 3.06. The first-order valence-corrected chi connectivity index (χ1v) is 9.10. The van der Waals surface area contributed by atoms with Crippen molar-refractivity contribution >= 4 is 17.5 Å². The van der Waals surface area contributed by atoms with E-state index in [9.17, 15) is 27.2 Å². The Hall–Kier alpha value is -3.21. The number of alkyl halides is 3. The summed E-state index contributed by atoms with van der Waals surface area (Å²) in [4.78, 5) is 27.9. The van der Waals surface area contributed by atoms with Crippen molar-refractivity contribution in [3.8, 4) is 5.75 Å². The fourth-order valence-corrected chi connectivity index (χ4v) is 3.52. The minimum absolute atomic E-state index is 0.00208. The summed E-state index contributed by atoms with van der Waals surface area (Å²) >= 11 is 0. The van der Waals surface area contributed by atoms with Crippen LogP contribution in [0.1, 0.15) is 35.3 Å². The molecule has 0 saturated carbocycles. The van der Waals surface area contributed by atoms with Crippen LogP contribution in [0.3, 0.4) is 0 Å². The van der Waals surface area contributed by atoms with Gasteiger partial charge in [0.2, 0.25) is 0 Å². The lowest BCUT2D eigenvalue weighted by Crippen LogP contribution is -2.43. The molecule has 0 unspecified atom stereocenters. The molecule has 1 fully saturated rings. The third-order valence-corrected chi connectivity index (χ3v) is 5.10. The Balaban J connectivity index is 2.00. The van der Waals surface area contributed by atoms with Gasteiger partial charge in [0, 0.05) is 23.4 Å². The van der Waals surface area contributed by atoms with Gasteiger partial charge in [-0.2, -0.15) is 13.2 Å². The normalized spacial score (nSPS) is 23.4. The van der Waals surface area contributed by atoms with Gasteiger partial charge in [0.05, 0.1) is 7.11 Å². The van der Waals surface area contributed by atoms with Crippen molar-refractivity contribution in [3.63, 3.8) is 0 Å². The van der Waals surface area contributed by atoms with Crippen LogP contribution in [0.2, 0.25) is 0 Å². The second kappa shape index (κ2) is 8.14. The Morgan fingerprint density at radius 1 is 1.32 bits per heavy atom. The van der Waals surface area contributed by atoms with Gasteiger partial charge in [-0.15, -0.1) is 0 Å². The molecule has 7 nitrogen and oxygen atoms in total. The number of ether oxygens (including phenoxy) is 2. The van der Waals surface area contributed by atoms with E-state index in [1.54, 1.807) is 0 Å². The molecule has 31 heavy (non-hydrogen) atoms. The summed E-state index contributed by atoms with van der Waals surface area (Å²) in [6.07, 6.45) is -6.01. The van der Waals surface area contributed by atoms with Gasteiger partial charge in [-0.25, -0.2) is 4.39 Å². The van der Waals surface area contributed by atoms with E-state index in [-0.39, 0.29) is 22.7 Å². The van der Waals surface area contributed by atoms with Gasteiger partial charge >= 0.3 is 6.18 Å². The van der Waals surface area contributed by atoms with Crippen molar-refractivity contribution in [2.24, 2.45) is 5.73 Å². The summed E-state index contributed by atoms with van der Waals surface area (Å²) in [7, 11) is 1.24. The zero-order valence-electron chi connectivity index (χ0n) is 16.5. The molecule has 1 aliphatic heterocycles. The number of primary amides is 1. The number of carbonyl (C=O) groups excluding carboxylic acids is 2. The first-order chi connectivity index (χ1) is 14.5. The predicted molar refractivity (Wildman–Crippen MR) is 101 cm³/mol. The maximum absolute atomic E-state index is 14.6. The van der Waals surface area contributed by atoms with Crippen molar-refractivity contribution < 1.29 is 36.6 Å². The summed E-state index contributed by atoms with van der Waals surface area (Å²) in [5.74, 6) is -3.92. The monoisotopic (exact) mass is 441 g/mol. The number of anilines is 1. The summed E-state index contributed by atoms with van der Waals surface area (Å²) in [6.45, 7) is 0.804. The van der Waals surface area contributed by atoms with Gasteiger partial charge in [-0.1, -0.05) is 6.07 Å². The number of hydrogen-bond donors (Lipinski definition) is 2. The number of carbonyl (C=O) groups is 2. The Morgan fingerprint density at radius 3 is 2.65 bits per heavy atom. The summed E-state index contributed by atoms with van der Waals surface area (Å²) in [6, 6.07) is 6.28. The summed E-state index contributed by atoms with van der Waals surface area (Å²) < 4.78 is 66.0. The van der Waals surface area contributed by atoms with E-state index >= 15 is 0 Å². The molecule has 2 aromatic rings. The van der Waals surface area contributed by atoms with Crippen LogP contribution in [0.25, 0.3) is 0 Å². The Kier molecular flexibility index (Phi) is 5.90. The van der Waals surface area contributed by atoms with Crippen molar-refractivity contribution in [1.82, 2.24) is 4.98 Å². The SMILES string of the molecule is COc1cccc(F)c1[C@@H]1C[C@@](C)(C(F)(F)F)O[C@H]1C(=O)Nc1ccnc(C(N)=O)c1. The molecule has 1 aromatic heterocycles. The van der Waals surface area contributed by atoms with Gasteiger partial charge in [0.1, 0.15) is 23.4 Å². The smallest absolute Gasteiger partial charge is 0.417 e. The molecule has 1 aliphatic rings. The third-order valence-electron chi connectivity index (χ3n) is 5.10. The number of methoxy groups -OCH3 is 1. The Morgan fingerprint density at radius 2 is 2.03 bits per heavy atom. The zero-order chi connectivity index (χ0) is 23.0. The van der Waals surface area contributed by atoms with Crippen LogP contribution in [0.4, 0.5) is 23.2 Å². The van der Waals surface area contributed by atoms with E-state index < -0.39 is 47.9 Å². The fraction of sp³-hybridized carbons (Fsp3) is 0.350. The highest BCUT2D eigenvalue weighted by Gasteiger charge is 2.61. The zero-order valence-corrected chi connectivity index (χ0v) is 16.5. The van der Waals surface area contributed by atoms with Gasteiger partial charge in [-0.3, -0.25) is 14.6 Å². The molecule has 0 bridgehead atoms. The number of amides is 2. The van der Waals surface area contributed by atoms with E-state index in [0.717, 1.165) is 19.1 Å². The number of nitrogens with zero attached hydrogens (tertiary/aromatic N) is 1. The van der Waals surface area contributed by atoms with E-state index in [1.807, 2.05) is 0 Å². The van der Waals surface area contributed by atoms with Crippen LogP contribution in [-0.4, -0.2) is 41.8 Å². The molecule has 3 N–H and O–H groups in total. The van der Waals surface area contributed by atoms with Crippen molar-refractivity contribution in [3.05, 3.63) is 53.6 Å². The summed E-state index contributed by atoms with van der Waals surface area (Å²) in [5.41, 5.74) is 2.18. The molecule has 2 heterocycles. The van der Waals surface area contributed by atoms with E-state index in [4.69, 9.17) is 15.2 Å². The highest BCUT2D eigenvalue weighted by Crippen LogP contribution is 2.51. The van der Waals surface area contributed by atoms with Crippen LogP contribution < -0.4 is 15.8 Å². The van der Waals surface area contributed by atoms with Gasteiger partial charge in [-0.05, 0) is 37.6 Å². The highest BCUT2D eigenvalue weighted by atomic mass is 19.4. The molecule has 3 atom stereocenters. The number of halogens is 4. The van der Waals surface area contributed by atoms with Crippen molar-refractivity contribution in [2.75, 3.05) is 12.4 Å². The van der Waals surface area contributed by atoms with Gasteiger partial charge in [0.25, 0.3) is 11.8 Å². The molecule has 1 aromatic carbocycles. The molecule has 0 radical (unpaired) electrons.